The van der Waals surface area contributed by atoms with E-state index in [1.165, 1.54) is 6.08 Å². The third-order valence-corrected chi connectivity index (χ3v) is 4.06. The minimum atomic E-state index is -4.41. The molecule has 1 aliphatic heterocycles. The van der Waals surface area contributed by atoms with Crippen LogP contribution in [0.25, 0.3) is 11.3 Å². The van der Waals surface area contributed by atoms with Gasteiger partial charge in [0.25, 0.3) is 0 Å². The van der Waals surface area contributed by atoms with Crippen molar-refractivity contribution in [1.82, 2.24) is 0 Å². The van der Waals surface area contributed by atoms with Crippen LogP contribution in [-0.2, 0) is 14.3 Å². The number of carbonyl (C=O) groups excluding carboxylic acids is 1. The Kier molecular flexibility index (Phi) is 4.70. The summed E-state index contributed by atoms with van der Waals surface area (Å²) < 4.78 is 49.8. The highest BCUT2D eigenvalue weighted by Crippen LogP contribution is 2.33. The summed E-state index contributed by atoms with van der Waals surface area (Å²) in [6, 6.07) is 7.13. The van der Waals surface area contributed by atoms with Gasteiger partial charge in [0.1, 0.15) is 11.9 Å². The molecule has 1 aromatic rings. The van der Waals surface area contributed by atoms with Gasteiger partial charge in [-0.05, 0) is 24.3 Å². The Hall–Kier alpha value is -2.50. The molecule has 25 heavy (non-hydrogen) atoms. The summed E-state index contributed by atoms with van der Waals surface area (Å²) in [5, 5.41) is 1.41. The van der Waals surface area contributed by atoms with Crippen LogP contribution in [0.1, 0.15) is 19.8 Å². The highest BCUT2D eigenvalue weighted by Gasteiger charge is 2.35. The Balaban J connectivity index is 2.05. The van der Waals surface area contributed by atoms with Gasteiger partial charge in [0.2, 0.25) is 0 Å². The molecule has 2 aliphatic rings. The fourth-order valence-electron chi connectivity index (χ4n) is 2.94. The summed E-state index contributed by atoms with van der Waals surface area (Å²) in [6.45, 7) is 2.04. The second-order valence-electron chi connectivity index (χ2n) is 5.72. The van der Waals surface area contributed by atoms with E-state index in [9.17, 15) is 18.0 Å². The van der Waals surface area contributed by atoms with Crippen LogP contribution in [-0.4, -0.2) is 24.9 Å². The molecule has 1 aromatic carbocycles. The van der Waals surface area contributed by atoms with Gasteiger partial charge in [0.15, 0.2) is 0 Å². The molecule has 0 fully saturated rings. The molecule has 0 radical (unpaired) electrons. The molecule has 1 atom stereocenters. The normalized spacial score (nSPS) is 18.9. The Morgan fingerprint density at radius 1 is 1.24 bits per heavy atom. The van der Waals surface area contributed by atoms with E-state index in [0.29, 0.717) is 34.8 Å². The maximum Gasteiger partial charge on any atom is 0.416 e. The Morgan fingerprint density at radius 3 is 2.64 bits per heavy atom. The van der Waals surface area contributed by atoms with Crippen LogP contribution in [0.4, 0.5) is 13.2 Å². The fraction of sp³-hybridized carbons (Fsp3) is 0.316. The fourth-order valence-corrected chi connectivity index (χ4v) is 2.94. The zero-order valence-corrected chi connectivity index (χ0v) is 13.6. The number of rotatable bonds is 4. The Morgan fingerprint density at radius 2 is 1.96 bits per heavy atom. The molecule has 0 N–H and O–H groups in total. The molecular weight excluding hydrogens is 333 g/mol. The van der Waals surface area contributed by atoms with Gasteiger partial charge in [0, 0.05) is 17.2 Å². The van der Waals surface area contributed by atoms with Gasteiger partial charge in [0.05, 0.1) is 18.6 Å². The average molecular weight is 350 g/mol. The molecule has 0 bridgehead atoms. The lowest BCUT2D eigenvalue weighted by atomic mass is 9.93. The van der Waals surface area contributed by atoms with E-state index in [1.54, 1.807) is 31.2 Å². The molecule has 3 rings (SSSR count). The van der Waals surface area contributed by atoms with Crippen LogP contribution in [0.5, 0.6) is 0 Å². The van der Waals surface area contributed by atoms with E-state index < -0.39 is 17.9 Å². The molecule has 0 amide bonds. The zero-order chi connectivity index (χ0) is 18.0. The second kappa shape index (κ2) is 6.78. The van der Waals surface area contributed by atoms with Crippen molar-refractivity contribution in [3.8, 4) is 0 Å². The monoisotopic (exact) mass is 350 g/mol. The Bertz CT molecular complexity index is 863. The number of esters is 1. The quantitative estimate of drug-likeness (QED) is 0.784. The number of hydrogen-bond acceptors (Lipinski definition) is 3. The topological polar surface area (TPSA) is 35.5 Å². The van der Waals surface area contributed by atoms with Gasteiger partial charge in [-0.3, -0.25) is 4.79 Å². The second-order valence-corrected chi connectivity index (χ2v) is 5.72. The molecule has 3 nitrogen and oxygen atoms in total. The first-order valence-electron chi connectivity index (χ1n) is 8.02. The molecule has 1 heterocycles. The summed E-state index contributed by atoms with van der Waals surface area (Å²) >= 11 is 0. The van der Waals surface area contributed by atoms with Crippen molar-refractivity contribution in [2.24, 2.45) is 0 Å². The van der Waals surface area contributed by atoms with E-state index in [0.717, 1.165) is 12.2 Å². The number of fused-ring (bicyclic) bond motifs is 2. The third-order valence-electron chi connectivity index (χ3n) is 4.06. The summed E-state index contributed by atoms with van der Waals surface area (Å²) in [6.07, 6.45) is -0.930. The van der Waals surface area contributed by atoms with E-state index in [-0.39, 0.29) is 12.4 Å². The first-order valence-corrected chi connectivity index (χ1v) is 8.02. The summed E-state index contributed by atoms with van der Waals surface area (Å²) in [5.74, 6) is 0.259. The molecule has 0 saturated carbocycles. The van der Waals surface area contributed by atoms with E-state index in [2.05, 4.69) is 0 Å². The third kappa shape index (κ3) is 3.62. The first-order chi connectivity index (χ1) is 11.9. The van der Waals surface area contributed by atoms with Crippen LogP contribution in [0, 0.1) is 0 Å². The maximum absolute atomic E-state index is 13.0. The predicted molar refractivity (Wildman–Crippen MR) is 86.5 cm³/mol. The number of benzene rings is 1. The largest absolute Gasteiger partial charge is 0.485 e. The summed E-state index contributed by atoms with van der Waals surface area (Å²) in [5.41, 5.74) is -0.225. The van der Waals surface area contributed by atoms with Gasteiger partial charge in [-0.25, -0.2) is 0 Å². The summed E-state index contributed by atoms with van der Waals surface area (Å²) in [7, 11) is 0. The van der Waals surface area contributed by atoms with Crippen molar-refractivity contribution >= 4 is 17.3 Å². The van der Waals surface area contributed by atoms with Gasteiger partial charge in [-0.1, -0.05) is 30.3 Å². The van der Waals surface area contributed by atoms with Crippen LogP contribution in [0.15, 0.2) is 48.1 Å². The van der Waals surface area contributed by atoms with Crippen LogP contribution >= 0.6 is 0 Å². The smallest absolute Gasteiger partial charge is 0.416 e. The van der Waals surface area contributed by atoms with Gasteiger partial charge >= 0.3 is 12.1 Å². The minimum absolute atomic E-state index is 0.160. The molecular formula is C19H17F3O3. The lowest BCUT2D eigenvalue weighted by Crippen LogP contribution is -2.39. The van der Waals surface area contributed by atoms with E-state index >= 15 is 0 Å². The predicted octanol–water partition coefficient (Wildman–Crippen LogP) is 2.75. The molecule has 6 heteroatoms. The first kappa shape index (κ1) is 17.3. The number of allylic oxidation sites excluding steroid dienone is 2. The van der Waals surface area contributed by atoms with E-state index in [1.807, 2.05) is 0 Å². The molecule has 1 unspecified atom stereocenters. The lowest BCUT2D eigenvalue weighted by molar-refractivity contribution is -0.143. The molecule has 0 aromatic heterocycles. The molecule has 0 saturated heterocycles. The van der Waals surface area contributed by atoms with Crippen molar-refractivity contribution in [3.05, 3.63) is 58.5 Å². The van der Waals surface area contributed by atoms with Crippen molar-refractivity contribution in [1.29, 1.82) is 0 Å². The van der Waals surface area contributed by atoms with Crippen LogP contribution in [0.3, 0.4) is 0 Å². The van der Waals surface area contributed by atoms with Gasteiger partial charge in [-0.2, -0.15) is 13.2 Å². The molecule has 0 spiro atoms. The minimum Gasteiger partial charge on any atom is -0.485 e. The van der Waals surface area contributed by atoms with Crippen LogP contribution < -0.4 is 10.4 Å². The molecule has 132 valence electrons. The van der Waals surface area contributed by atoms with Crippen LogP contribution in [0.2, 0.25) is 0 Å². The number of ether oxygens (including phenoxy) is 2. The maximum atomic E-state index is 13.0. The number of hydrogen-bond donors (Lipinski definition) is 0. The van der Waals surface area contributed by atoms with Gasteiger partial charge < -0.3 is 9.47 Å². The summed E-state index contributed by atoms with van der Waals surface area (Å²) in [4.78, 5) is 11.6. The number of carbonyl (C=O) groups is 1. The van der Waals surface area contributed by atoms with Crippen molar-refractivity contribution in [3.63, 3.8) is 0 Å². The van der Waals surface area contributed by atoms with Crippen molar-refractivity contribution in [2.75, 3.05) is 6.61 Å². The average Bonchev–Trinajstić information content (AvgIpc) is 2.58. The number of alkyl halides is 3. The SMILES string of the molecule is CCOC(=O)CCC1=c2ccccc2=C2C=C(C(F)(F)F)C=CC2O1. The van der Waals surface area contributed by atoms with Crippen molar-refractivity contribution < 1.29 is 27.4 Å². The highest BCUT2D eigenvalue weighted by atomic mass is 19.4. The standard InChI is InChI=1S/C19H17F3O3/c1-2-24-18(23)10-9-16-14-6-4-3-5-13(14)15-11-12(19(20,21)22)7-8-17(15)25-16/h3-8,11,17H,2,9-10H2,1H3. The zero-order valence-electron chi connectivity index (χ0n) is 13.6. The van der Waals surface area contributed by atoms with E-state index in [4.69, 9.17) is 9.47 Å². The van der Waals surface area contributed by atoms with Gasteiger partial charge in [-0.15, -0.1) is 0 Å². The lowest BCUT2D eigenvalue weighted by Gasteiger charge is -2.27. The number of halogens is 3. The van der Waals surface area contributed by atoms with Crippen molar-refractivity contribution in [2.45, 2.75) is 32.0 Å². The Labute approximate surface area is 142 Å². The highest BCUT2D eigenvalue weighted by molar-refractivity contribution is 5.73. The molecule has 1 aliphatic carbocycles.